The van der Waals surface area contributed by atoms with Crippen molar-refractivity contribution >= 4 is 17.2 Å². The number of aryl methyl sites for hydroxylation is 3. The number of anilines is 1. The molecule has 1 aromatic carbocycles. The highest BCUT2D eigenvalue weighted by Gasteiger charge is 2.41. The molecule has 0 aliphatic carbocycles. The van der Waals surface area contributed by atoms with Crippen molar-refractivity contribution < 1.29 is 4.79 Å². The maximum absolute atomic E-state index is 13.3. The van der Waals surface area contributed by atoms with Crippen molar-refractivity contribution in [1.82, 2.24) is 24.9 Å². The van der Waals surface area contributed by atoms with Crippen LogP contribution in [0, 0.1) is 6.92 Å². The fraction of sp³-hybridized carbons (Fsp3) is 0.357. The number of hydrogen-bond acceptors (Lipinski definition) is 5. The van der Waals surface area contributed by atoms with E-state index in [1.807, 2.05) is 35.9 Å². The largest absolute Gasteiger partial charge is 0.381 e. The number of aromatic nitrogens is 4. The Bertz CT molecular complexity index is 1350. The second-order valence-corrected chi connectivity index (χ2v) is 9.62. The van der Waals surface area contributed by atoms with Gasteiger partial charge in [-0.1, -0.05) is 38.1 Å². The van der Waals surface area contributed by atoms with Crippen molar-refractivity contribution in [2.75, 3.05) is 11.9 Å². The maximum Gasteiger partial charge on any atom is 0.255 e. The second-order valence-electron chi connectivity index (χ2n) is 9.62. The van der Waals surface area contributed by atoms with Crippen LogP contribution >= 0.6 is 0 Å². The number of carbonyl (C=O) groups is 1. The van der Waals surface area contributed by atoms with Gasteiger partial charge in [-0.05, 0) is 67.5 Å². The molecular formula is C28H32N6O. The van der Waals surface area contributed by atoms with Gasteiger partial charge in [-0.2, -0.15) is 0 Å². The number of amides is 1. The predicted molar refractivity (Wildman–Crippen MR) is 138 cm³/mol. The molecule has 35 heavy (non-hydrogen) atoms. The fourth-order valence-electron chi connectivity index (χ4n) is 5.19. The molecule has 0 radical (unpaired) electrons. The van der Waals surface area contributed by atoms with Crippen molar-refractivity contribution in [2.45, 2.75) is 57.9 Å². The van der Waals surface area contributed by atoms with Crippen molar-refractivity contribution in [3.63, 3.8) is 0 Å². The number of rotatable bonds is 8. The van der Waals surface area contributed by atoms with Gasteiger partial charge in [-0.25, -0.2) is 0 Å². The maximum atomic E-state index is 13.3. The molecule has 7 nitrogen and oxygen atoms in total. The van der Waals surface area contributed by atoms with E-state index in [1.54, 1.807) is 6.20 Å². The highest BCUT2D eigenvalue weighted by atomic mass is 16.1. The molecule has 7 heteroatoms. The lowest BCUT2D eigenvalue weighted by Gasteiger charge is -2.31. The number of nitrogens with one attached hydrogen (secondary N) is 2. The average Bonchev–Trinajstić information content (AvgIpc) is 3.40. The Balaban J connectivity index is 1.30. The third kappa shape index (κ3) is 4.38. The zero-order chi connectivity index (χ0) is 24.4. The number of hydrogen-bond donors (Lipinski definition) is 2. The Hall–Kier alpha value is -3.74. The minimum Gasteiger partial charge on any atom is -0.381 e. The van der Waals surface area contributed by atoms with E-state index in [2.05, 4.69) is 70.0 Å². The molecule has 2 unspecified atom stereocenters. The summed E-state index contributed by atoms with van der Waals surface area (Å²) in [5.41, 5.74) is 6.01. The molecule has 1 aliphatic heterocycles. The fourth-order valence-corrected chi connectivity index (χ4v) is 5.19. The number of para-hydroxylation sites is 1. The molecule has 0 fully saturated rings. The van der Waals surface area contributed by atoms with Crippen LogP contribution < -0.4 is 10.6 Å². The summed E-state index contributed by atoms with van der Waals surface area (Å²) in [4.78, 5) is 17.5. The number of nitrogens with zero attached hydrogens (tertiary/aromatic N) is 4. The van der Waals surface area contributed by atoms with Crippen LogP contribution in [0.4, 0.5) is 5.69 Å². The first-order chi connectivity index (χ1) is 17.0. The molecule has 2 atom stereocenters. The highest BCUT2D eigenvalue weighted by molar-refractivity contribution is 6.00. The minimum atomic E-state index is -0.112. The molecule has 0 saturated carbocycles. The third-order valence-corrected chi connectivity index (χ3v) is 7.50. The number of fused-ring (bicyclic) bond motifs is 2. The molecule has 180 valence electrons. The summed E-state index contributed by atoms with van der Waals surface area (Å²) < 4.78 is 1.91. The summed E-state index contributed by atoms with van der Waals surface area (Å²) in [5.74, 6) is 0.656. The van der Waals surface area contributed by atoms with Crippen molar-refractivity contribution in [2.24, 2.45) is 0 Å². The zero-order valence-corrected chi connectivity index (χ0v) is 20.6. The van der Waals surface area contributed by atoms with E-state index < -0.39 is 0 Å². The molecule has 0 spiro atoms. The van der Waals surface area contributed by atoms with Crippen molar-refractivity contribution in [3.05, 3.63) is 89.1 Å². The molecule has 3 aromatic heterocycles. The summed E-state index contributed by atoms with van der Waals surface area (Å²) in [6.07, 6.45) is 9.23. The molecule has 1 amide bonds. The third-order valence-electron chi connectivity index (χ3n) is 7.50. The van der Waals surface area contributed by atoms with E-state index in [0.29, 0.717) is 17.8 Å². The SMILES string of the molecule is CCC1(C)c2ccccc2NC1CCNC(=O)c1cc(CCc2cccnc2)cn2c(C)nnc12. The van der Waals surface area contributed by atoms with Gasteiger partial charge in [0.05, 0.1) is 5.56 Å². The normalized spacial score (nSPS) is 18.9. The van der Waals surface area contributed by atoms with Gasteiger partial charge in [0.1, 0.15) is 5.82 Å². The predicted octanol–water partition coefficient (Wildman–Crippen LogP) is 4.50. The van der Waals surface area contributed by atoms with E-state index >= 15 is 0 Å². The Morgan fingerprint density at radius 3 is 2.77 bits per heavy atom. The van der Waals surface area contributed by atoms with Crippen LogP contribution in [0.3, 0.4) is 0 Å². The molecule has 4 aromatic rings. The van der Waals surface area contributed by atoms with Crippen LogP contribution in [0.25, 0.3) is 5.65 Å². The summed E-state index contributed by atoms with van der Waals surface area (Å²) in [7, 11) is 0. The standard InChI is InChI=1S/C28H32N6O/c1-4-28(3)23-9-5-6-10-24(23)31-25(28)13-15-30-27(35)22-16-21(12-11-20-8-7-14-29-17-20)18-34-19(2)32-33-26(22)34/h5-10,14,16-18,25,31H,4,11-13,15H2,1-3H3,(H,30,35). The Morgan fingerprint density at radius 1 is 1.14 bits per heavy atom. The molecule has 2 N–H and O–H groups in total. The van der Waals surface area contributed by atoms with Crippen LogP contribution in [0.1, 0.15) is 59.6 Å². The molecule has 1 aliphatic rings. The summed E-state index contributed by atoms with van der Waals surface area (Å²) in [5, 5.41) is 15.3. The van der Waals surface area contributed by atoms with E-state index in [0.717, 1.165) is 37.1 Å². The van der Waals surface area contributed by atoms with Gasteiger partial charge in [0, 0.05) is 42.3 Å². The van der Waals surface area contributed by atoms with E-state index in [4.69, 9.17) is 0 Å². The summed E-state index contributed by atoms with van der Waals surface area (Å²) in [6.45, 7) is 7.03. The lowest BCUT2D eigenvalue weighted by Crippen LogP contribution is -2.39. The minimum absolute atomic E-state index is 0.0465. The van der Waals surface area contributed by atoms with Crippen LogP contribution in [0.2, 0.25) is 0 Å². The van der Waals surface area contributed by atoms with Crippen LogP contribution in [0.5, 0.6) is 0 Å². The number of benzene rings is 1. The average molecular weight is 469 g/mol. The van der Waals surface area contributed by atoms with Gasteiger partial charge in [-0.3, -0.25) is 14.2 Å². The molecule has 5 rings (SSSR count). The molecular weight excluding hydrogens is 436 g/mol. The lowest BCUT2D eigenvalue weighted by atomic mass is 9.75. The highest BCUT2D eigenvalue weighted by Crippen LogP contribution is 2.44. The molecule has 0 bridgehead atoms. The quantitative estimate of drug-likeness (QED) is 0.398. The Kier molecular flexibility index (Phi) is 6.24. The van der Waals surface area contributed by atoms with Crippen LogP contribution in [-0.2, 0) is 18.3 Å². The van der Waals surface area contributed by atoms with Gasteiger partial charge < -0.3 is 10.6 Å². The van der Waals surface area contributed by atoms with E-state index in [1.165, 1.54) is 16.8 Å². The van der Waals surface area contributed by atoms with Crippen molar-refractivity contribution in [3.8, 4) is 0 Å². The van der Waals surface area contributed by atoms with Gasteiger partial charge in [0.25, 0.3) is 5.91 Å². The van der Waals surface area contributed by atoms with Crippen LogP contribution in [0.15, 0.2) is 61.1 Å². The first-order valence-electron chi connectivity index (χ1n) is 12.4. The Morgan fingerprint density at radius 2 is 1.97 bits per heavy atom. The second kappa shape index (κ2) is 9.49. The molecule has 4 heterocycles. The van der Waals surface area contributed by atoms with Gasteiger partial charge in [0.2, 0.25) is 0 Å². The first kappa shape index (κ1) is 23.0. The monoisotopic (exact) mass is 468 g/mol. The van der Waals surface area contributed by atoms with E-state index in [-0.39, 0.29) is 17.4 Å². The Labute approximate surface area is 206 Å². The van der Waals surface area contributed by atoms with Crippen LogP contribution in [-0.4, -0.2) is 38.1 Å². The van der Waals surface area contributed by atoms with Gasteiger partial charge in [0.15, 0.2) is 5.65 Å². The first-order valence-corrected chi connectivity index (χ1v) is 12.4. The summed E-state index contributed by atoms with van der Waals surface area (Å²) in [6, 6.07) is 14.8. The molecule has 0 saturated heterocycles. The van der Waals surface area contributed by atoms with E-state index in [9.17, 15) is 4.79 Å². The topological polar surface area (TPSA) is 84.2 Å². The zero-order valence-electron chi connectivity index (χ0n) is 20.6. The van der Waals surface area contributed by atoms with Gasteiger partial charge in [-0.15, -0.1) is 10.2 Å². The number of pyridine rings is 2. The summed E-state index contributed by atoms with van der Waals surface area (Å²) >= 11 is 0. The van der Waals surface area contributed by atoms with Gasteiger partial charge >= 0.3 is 0 Å². The lowest BCUT2D eigenvalue weighted by molar-refractivity contribution is 0.0952. The number of carbonyl (C=O) groups excluding carboxylic acids is 1. The smallest absolute Gasteiger partial charge is 0.255 e. The van der Waals surface area contributed by atoms with Crippen molar-refractivity contribution in [1.29, 1.82) is 0 Å².